The van der Waals surface area contributed by atoms with Gasteiger partial charge in [0.15, 0.2) is 0 Å². The molecule has 0 amide bonds. The van der Waals surface area contributed by atoms with Gasteiger partial charge in [0.2, 0.25) is 0 Å². The van der Waals surface area contributed by atoms with Crippen molar-refractivity contribution in [3.8, 4) is 5.75 Å². The second kappa shape index (κ2) is 4.94. The molecule has 0 radical (unpaired) electrons. The summed E-state index contributed by atoms with van der Waals surface area (Å²) in [5, 5.41) is 9.74. The van der Waals surface area contributed by atoms with Crippen molar-refractivity contribution in [2.75, 3.05) is 7.11 Å². The Morgan fingerprint density at radius 1 is 1.11 bits per heavy atom. The highest BCUT2D eigenvalue weighted by Crippen LogP contribution is 2.11. The molecule has 2 aromatic carbocycles. The molecule has 0 saturated heterocycles. The number of rotatable bonds is 3. The number of methoxy groups -OCH3 is 1. The number of aromatic nitrogens is 2. The maximum atomic E-state index is 5.11. The molecule has 0 N–H and O–H groups in total. The Morgan fingerprint density at radius 2 is 1.89 bits per heavy atom. The molecule has 0 aliphatic carbocycles. The minimum Gasteiger partial charge on any atom is -0.497 e. The van der Waals surface area contributed by atoms with Gasteiger partial charge >= 0.3 is 0 Å². The van der Waals surface area contributed by atoms with Gasteiger partial charge < -0.3 is 4.74 Å². The Morgan fingerprint density at radius 3 is 2.63 bits per heavy atom. The predicted octanol–water partition coefficient (Wildman–Crippen LogP) is 2.93. The number of benzene rings is 2. The molecule has 0 spiro atoms. The zero-order valence-corrected chi connectivity index (χ0v) is 10.5. The van der Waals surface area contributed by atoms with Crippen LogP contribution in [-0.2, 0) is 0 Å². The Labute approximate surface area is 110 Å². The van der Waals surface area contributed by atoms with Gasteiger partial charge in [-0.2, -0.15) is 15.0 Å². The Hall–Kier alpha value is -2.62. The van der Waals surface area contributed by atoms with E-state index in [1.807, 2.05) is 54.7 Å². The van der Waals surface area contributed by atoms with Gasteiger partial charge in [-0.15, -0.1) is 0 Å². The summed E-state index contributed by atoms with van der Waals surface area (Å²) in [4.78, 5) is 1.58. The molecular formula is C15H13N3O. The zero-order chi connectivity index (χ0) is 13.1. The van der Waals surface area contributed by atoms with E-state index < -0.39 is 0 Å². The van der Waals surface area contributed by atoms with E-state index in [4.69, 9.17) is 4.74 Å². The summed E-state index contributed by atoms with van der Waals surface area (Å²) in [5.41, 5.74) is 1.94. The lowest BCUT2D eigenvalue weighted by atomic mass is 10.2. The van der Waals surface area contributed by atoms with Gasteiger partial charge in [0, 0.05) is 5.39 Å². The van der Waals surface area contributed by atoms with Crippen LogP contribution in [0.25, 0.3) is 10.9 Å². The third-order valence-electron chi connectivity index (χ3n) is 2.84. The lowest BCUT2D eigenvalue weighted by Crippen LogP contribution is -1.91. The van der Waals surface area contributed by atoms with Crippen LogP contribution in [-0.4, -0.2) is 23.2 Å². The number of hydrogen-bond acceptors (Lipinski definition) is 3. The SMILES string of the molecule is COc1ccc(C=Nn2cc3ccccc3n2)cc1. The van der Waals surface area contributed by atoms with Crippen LogP contribution < -0.4 is 4.74 Å². The summed E-state index contributed by atoms with van der Waals surface area (Å²) < 4.78 is 5.11. The summed E-state index contributed by atoms with van der Waals surface area (Å²) >= 11 is 0. The molecule has 0 saturated carbocycles. The molecule has 19 heavy (non-hydrogen) atoms. The van der Waals surface area contributed by atoms with E-state index in [9.17, 15) is 0 Å². The van der Waals surface area contributed by atoms with E-state index in [0.717, 1.165) is 22.2 Å². The van der Waals surface area contributed by atoms with Crippen molar-refractivity contribution >= 4 is 17.1 Å². The number of fused-ring (bicyclic) bond motifs is 1. The summed E-state index contributed by atoms with van der Waals surface area (Å²) in [6.45, 7) is 0. The standard InChI is InChI=1S/C15H13N3O/c1-19-14-8-6-12(7-9-14)10-16-18-11-13-4-2-3-5-15(13)17-18/h2-11H,1H3. The molecule has 4 heteroatoms. The van der Waals surface area contributed by atoms with Crippen molar-refractivity contribution in [1.29, 1.82) is 0 Å². The first-order chi connectivity index (χ1) is 9.35. The molecule has 3 aromatic rings. The Kier molecular flexibility index (Phi) is 2.98. The second-order valence-corrected chi connectivity index (χ2v) is 4.13. The minimum absolute atomic E-state index is 0.835. The van der Waals surface area contributed by atoms with E-state index in [-0.39, 0.29) is 0 Å². The lowest BCUT2D eigenvalue weighted by Gasteiger charge is -1.98. The fourth-order valence-electron chi connectivity index (χ4n) is 1.83. The molecular weight excluding hydrogens is 238 g/mol. The Bertz CT molecular complexity index is 681. The number of hydrogen-bond donors (Lipinski definition) is 0. The normalized spacial score (nSPS) is 11.2. The molecule has 0 aliphatic heterocycles. The lowest BCUT2D eigenvalue weighted by molar-refractivity contribution is 0.415. The first-order valence-electron chi connectivity index (χ1n) is 5.98. The zero-order valence-electron chi connectivity index (χ0n) is 10.5. The highest BCUT2D eigenvalue weighted by atomic mass is 16.5. The maximum absolute atomic E-state index is 5.11. The van der Waals surface area contributed by atoms with Crippen LogP contribution in [0.1, 0.15) is 5.56 Å². The van der Waals surface area contributed by atoms with Crippen LogP contribution in [0.2, 0.25) is 0 Å². The molecule has 0 unspecified atom stereocenters. The van der Waals surface area contributed by atoms with Gasteiger partial charge in [-0.25, -0.2) is 0 Å². The summed E-state index contributed by atoms with van der Waals surface area (Å²) in [6.07, 6.45) is 3.67. The van der Waals surface area contributed by atoms with Crippen LogP contribution in [0.3, 0.4) is 0 Å². The van der Waals surface area contributed by atoms with Crippen molar-refractivity contribution < 1.29 is 4.74 Å². The molecule has 0 aliphatic rings. The molecule has 0 fully saturated rings. The minimum atomic E-state index is 0.835. The average molecular weight is 251 g/mol. The monoisotopic (exact) mass is 251 g/mol. The first kappa shape index (κ1) is 11.5. The van der Waals surface area contributed by atoms with Gasteiger partial charge in [0.25, 0.3) is 0 Å². The van der Waals surface area contributed by atoms with Crippen LogP contribution >= 0.6 is 0 Å². The third kappa shape index (κ3) is 2.47. The molecule has 3 rings (SSSR count). The van der Waals surface area contributed by atoms with E-state index in [0.29, 0.717) is 0 Å². The topological polar surface area (TPSA) is 39.4 Å². The fraction of sp³-hybridized carbons (Fsp3) is 0.0667. The predicted molar refractivity (Wildman–Crippen MR) is 75.7 cm³/mol. The molecule has 94 valence electrons. The van der Waals surface area contributed by atoms with Crippen LogP contribution in [0, 0.1) is 0 Å². The summed E-state index contributed by atoms with van der Waals surface area (Å²) in [6, 6.07) is 15.6. The second-order valence-electron chi connectivity index (χ2n) is 4.13. The Balaban J connectivity index is 1.84. The molecule has 1 heterocycles. The van der Waals surface area contributed by atoms with Crippen LogP contribution in [0.15, 0.2) is 59.8 Å². The maximum Gasteiger partial charge on any atom is 0.118 e. The van der Waals surface area contributed by atoms with Crippen molar-refractivity contribution in [3.05, 3.63) is 60.3 Å². The van der Waals surface area contributed by atoms with Crippen molar-refractivity contribution in [2.24, 2.45) is 5.10 Å². The average Bonchev–Trinajstić information content (AvgIpc) is 2.88. The highest BCUT2D eigenvalue weighted by molar-refractivity contribution is 5.80. The van der Waals surface area contributed by atoms with E-state index in [1.54, 1.807) is 18.1 Å². The van der Waals surface area contributed by atoms with Crippen LogP contribution in [0.4, 0.5) is 0 Å². The van der Waals surface area contributed by atoms with E-state index >= 15 is 0 Å². The van der Waals surface area contributed by atoms with Crippen molar-refractivity contribution in [2.45, 2.75) is 0 Å². The largest absolute Gasteiger partial charge is 0.497 e. The first-order valence-corrected chi connectivity index (χ1v) is 5.98. The molecule has 0 atom stereocenters. The van der Waals surface area contributed by atoms with Gasteiger partial charge in [0.05, 0.1) is 25.0 Å². The summed E-state index contributed by atoms with van der Waals surface area (Å²) in [5.74, 6) is 0.835. The highest BCUT2D eigenvalue weighted by Gasteiger charge is 1.97. The third-order valence-corrected chi connectivity index (χ3v) is 2.84. The fourth-order valence-corrected chi connectivity index (χ4v) is 1.83. The van der Waals surface area contributed by atoms with E-state index in [2.05, 4.69) is 10.2 Å². The van der Waals surface area contributed by atoms with E-state index in [1.165, 1.54) is 0 Å². The number of ether oxygens (including phenoxy) is 1. The smallest absolute Gasteiger partial charge is 0.118 e. The summed E-state index contributed by atoms with van der Waals surface area (Å²) in [7, 11) is 1.65. The molecule has 0 bridgehead atoms. The molecule has 4 nitrogen and oxygen atoms in total. The van der Waals surface area contributed by atoms with Gasteiger partial charge in [0.1, 0.15) is 5.75 Å². The van der Waals surface area contributed by atoms with Gasteiger partial charge in [-0.05, 0) is 35.9 Å². The van der Waals surface area contributed by atoms with Crippen molar-refractivity contribution in [3.63, 3.8) is 0 Å². The molecule has 1 aromatic heterocycles. The van der Waals surface area contributed by atoms with Gasteiger partial charge in [-0.1, -0.05) is 18.2 Å². The quantitative estimate of drug-likeness (QED) is 0.671. The van der Waals surface area contributed by atoms with Crippen molar-refractivity contribution in [1.82, 2.24) is 9.89 Å². The van der Waals surface area contributed by atoms with Gasteiger partial charge in [-0.3, -0.25) is 0 Å². The number of nitrogens with zero attached hydrogens (tertiary/aromatic N) is 3. The van der Waals surface area contributed by atoms with Crippen LogP contribution in [0.5, 0.6) is 5.75 Å².